The highest BCUT2D eigenvalue weighted by atomic mass is 35.5. The number of benzene rings is 2. The molecule has 34 heavy (non-hydrogen) atoms. The predicted octanol–water partition coefficient (Wildman–Crippen LogP) is 6.68. The van der Waals surface area contributed by atoms with E-state index in [-0.39, 0.29) is 11.4 Å². The van der Waals surface area contributed by atoms with Gasteiger partial charge in [0.1, 0.15) is 12.3 Å². The highest BCUT2D eigenvalue weighted by molar-refractivity contribution is 8.18. The zero-order chi connectivity index (χ0) is 24.4. The van der Waals surface area contributed by atoms with E-state index in [1.54, 1.807) is 24.3 Å². The molecular formula is C25H21ClN2O4S2. The molecule has 9 heteroatoms. The van der Waals surface area contributed by atoms with Gasteiger partial charge >= 0.3 is 0 Å². The van der Waals surface area contributed by atoms with Crippen molar-refractivity contribution in [2.75, 3.05) is 11.9 Å². The third kappa shape index (κ3) is 5.58. The van der Waals surface area contributed by atoms with E-state index >= 15 is 0 Å². The summed E-state index contributed by atoms with van der Waals surface area (Å²) in [5.41, 5.74) is 3.63. The molecule has 4 rings (SSSR count). The first-order valence-corrected chi connectivity index (χ1v) is 12.4. The van der Waals surface area contributed by atoms with Crippen molar-refractivity contribution in [3.05, 3.63) is 80.9 Å². The first kappa shape index (κ1) is 24.2. The van der Waals surface area contributed by atoms with Crippen LogP contribution in [-0.4, -0.2) is 28.5 Å². The fourth-order valence-corrected chi connectivity index (χ4v) is 5.27. The van der Waals surface area contributed by atoms with E-state index in [0.717, 1.165) is 38.2 Å². The molecule has 0 unspecified atom stereocenters. The minimum absolute atomic E-state index is 0.206. The van der Waals surface area contributed by atoms with Gasteiger partial charge in [-0.3, -0.25) is 19.3 Å². The molecule has 1 aromatic heterocycles. The van der Waals surface area contributed by atoms with Crippen LogP contribution in [0.2, 0.25) is 5.02 Å². The Kier molecular flexibility index (Phi) is 7.21. The molecule has 3 aromatic rings. The fourth-order valence-electron chi connectivity index (χ4n) is 3.55. The number of thioether (sulfide) groups is 1. The lowest BCUT2D eigenvalue weighted by atomic mass is 10.1. The second kappa shape index (κ2) is 10.1. The van der Waals surface area contributed by atoms with E-state index in [2.05, 4.69) is 5.32 Å². The minimum atomic E-state index is -0.522. The normalized spacial score (nSPS) is 14.8. The van der Waals surface area contributed by atoms with Crippen molar-refractivity contribution < 1.29 is 18.8 Å². The average Bonchev–Trinajstić information content (AvgIpc) is 3.31. The number of carbonyl (C=O) groups is 3. The topological polar surface area (TPSA) is 79.6 Å². The zero-order valence-corrected chi connectivity index (χ0v) is 21.1. The van der Waals surface area contributed by atoms with Crippen LogP contribution in [0.5, 0.6) is 0 Å². The summed E-state index contributed by atoms with van der Waals surface area (Å²) < 4.78 is 5.77. The molecule has 0 bridgehead atoms. The number of hydrogen-bond acceptors (Lipinski definition) is 6. The summed E-state index contributed by atoms with van der Waals surface area (Å²) in [5, 5.41) is 3.62. The van der Waals surface area contributed by atoms with Gasteiger partial charge < -0.3 is 9.73 Å². The lowest BCUT2D eigenvalue weighted by molar-refractivity contribution is -0.127. The van der Waals surface area contributed by atoms with E-state index in [1.807, 2.05) is 45.0 Å². The van der Waals surface area contributed by atoms with E-state index in [1.165, 1.54) is 17.8 Å². The third-order valence-electron chi connectivity index (χ3n) is 5.02. The molecule has 1 saturated heterocycles. The summed E-state index contributed by atoms with van der Waals surface area (Å²) in [7, 11) is 0. The van der Waals surface area contributed by atoms with E-state index in [4.69, 9.17) is 16.0 Å². The lowest BCUT2D eigenvalue weighted by Crippen LogP contribution is -2.36. The Morgan fingerprint density at radius 1 is 1.09 bits per heavy atom. The third-order valence-corrected chi connectivity index (χ3v) is 7.11. The van der Waals surface area contributed by atoms with Crippen molar-refractivity contribution >= 4 is 63.9 Å². The van der Waals surface area contributed by atoms with Gasteiger partial charge in [0, 0.05) is 21.7 Å². The Bertz CT molecular complexity index is 1290. The van der Waals surface area contributed by atoms with Gasteiger partial charge in [-0.15, -0.1) is 0 Å². The highest BCUT2D eigenvalue weighted by Crippen LogP contribution is 2.35. The summed E-state index contributed by atoms with van der Waals surface area (Å²) in [6, 6.07) is 14.8. The molecule has 1 N–H and O–H groups in total. The Labute approximate surface area is 210 Å². The standard InChI is InChI=1S/C25H21ClN2O4S2/c1-14-10-15(2)23(16(3)11-14)27-21(29)13-28-24(30)20(34-25(28)31)12-18-6-9-22(32-18)33-19-7-4-17(26)5-8-19/h4-12H,13H2,1-3H3,(H,27,29)/b20-12-. The maximum atomic E-state index is 12.8. The number of amides is 3. The Morgan fingerprint density at radius 3 is 2.44 bits per heavy atom. The smallest absolute Gasteiger partial charge is 0.294 e. The summed E-state index contributed by atoms with van der Waals surface area (Å²) in [6.45, 7) is 5.43. The molecule has 6 nitrogen and oxygen atoms in total. The lowest BCUT2D eigenvalue weighted by Gasteiger charge is -2.15. The van der Waals surface area contributed by atoms with Gasteiger partial charge in [0.15, 0.2) is 5.09 Å². The Hall–Kier alpha value is -2.94. The first-order chi connectivity index (χ1) is 16.2. The molecule has 1 aliphatic heterocycles. The van der Waals surface area contributed by atoms with Gasteiger partial charge in [-0.1, -0.05) is 41.1 Å². The zero-order valence-electron chi connectivity index (χ0n) is 18.7. The second-order valence-electron chi connectivity index (χ2n) is 7.80. The van der Waals surface area contributed by atoms with Crippen LogP contribution in [0.4, 0.5) is 10.5 Å². The number of furan rings is 1. The van der Waals surface area contributed by atoms with Crippen LogP contribution >= 0.6 is 35.1 Å². The number of nitrogens with one attached hydrogen (secondary N) is 1. The molecular weight excluding hydrogens is 492 g/mol. The molecule has 2 heterocycles. The summed E-state index contributed by atoms with van der Waals surface area (Å²) >= 11 is 8.11. The largest absolute Gasteiger partial charge is 0.450 e. The summed E-state index contributed by atoms with van der Waals surface area (Å²) in [4.78, 5) is 39.9. The van der Waals surface area contributed by atoms with Gasteiger partial charge in [-0.25, -0.2) is 0 Å². The van der Waals surface area contributed by atoms with Crippen molar-refractivity contribution in [1.29, 1.82) is 0 Å². The molecule has 174 valence electrons. The van der Waals surface area contributed by atoms with E-state index in [9.17, 15) is 14.4 Å². The van der Waals surface area contributed by atoms with E-state index < -0.39 is 17.1 Å². The maximum Gasteiger partial charge on any atom is 0.294 e. The minimum Gasteiger partial charge on any atom is -0.450 e. The number of nitrogens with zero attached hydrogens (tertiary/aromatic N) is 1. The number of aryl methyl sites for hydroxylation is 3. The molecule has 0 atom stereocenters. The molecule has 0 aliphatic carbocycles. The molecule has 0 spiro atoms. The maximum absolute atomic E-state index is 12.8. The summed E-state index contributed by atoms with van der Waals surface area (Å²) in [6.07, 6.45) is 1.52. The van der Waals surface area contributed by atoms with Crippen molar-refractivity contribution in [2.45, 2.75) is 30.8 Å². The van der Waals surface area contributed by atoms with Crippen LogP contribution in [0.3, 0.4) is 0 Å². The van der Waals surface area contributed by atoms with Crippen molar-refractivity contribution in [1.82, 2.24) is 4.90 Å². The summed E-state index contributed by atoms with van der Waals surface area (Å²) in [5.74, 6) is -0.513. The van der Waals surface area contributed by atoms with Gasteiger partial charge in [-0.05, 0) is 80.1 Å². The number of rotatable bonds is 6. The van der Waals surface area contributed by atoms with Gasteiger partial charge in [0.2, 0.25) is 5.91 Å². The van der Waals surface area contributed by atoms with Crippen LogP contribution in [0, 0.1) is 20.8 Å². The molecule has 1 aliphatic rings. The fraction of sp³-hybridized carbons (Fsp3) is 0.160. The van der Waals surface area contributed by atoms with E-state index in [0.29, 0.717) is 21.6 Å². The van der Waals surface area contributed by atoms with Gasteiger partial charge in [0.05, 0.1) is 4.91 Å². The van der Waals surface area contributed by atoms with Crippen LogP contribution in [0.15, 0.2) is 67.8 Å². The highest BCUT2D eigenvalue weighted by Gasteiger charge is 2.36. The number of halogens is 1. The van der Waals surface area contributed by atoms with Crippen LogP contribution in [0.1, 0.15) is 22.5 Å². The molecule has 1 fully saturated rings. The number of imide groups is 1. The predicted molar refractivity (Wildman–Crippen MR) is 136 cm³/mol. The van der Waals surface area contributed by atoms with Crippen molar-refractivity contribution in [3.63, 3.8) is 0 Å². The molecule has 0 radical (unpaired) electrons. The number of hydrogen-bond donors (Lipinski definition) is 1. The molecule has 0 saturated carbocycles. The Morgan fingerprint density at radius 2 is 1.76 bits per heavy atom. The van der Waals surface area contributed by atoms with Crippen LogP contribution in [-0.2, 0) is 9.59 Å². The SMILES string of the molecule is Cc1cc(C)c(NC(=O)CN2C(=O)S/C(=C\c3ccc(Sc4ccc(Cl)cc4)o3)C2=O)c(C)c1. The second-order valence-corrected chi connectivity index (χ2v) is 10.3. The van der Waals surface area contributed by atoms with Gasteiger partial charge in [-0.2, -0.15) is 0 Å². The van der Waals surface area contributed by atoms with Crippen molar-refractivity contribution in [3.8, 4) is 0 Å². The van der Waals surface area contributed by atoms with Crippen molar-refractivity contribution in [2.24, 2.45) is 0 Å². The quantitative estimate of drug-likeness (QED) is 0.371. The Balaban J connectivity index is 1.42. The monoisotopic (exact) mass is 512 g/mol. The molecule has 3 amide bonds. The van der Waals surface area contributed by atoms with Crippen LogP contribution in [0.25, 0.3) is 6.08 Å². The molecule has 2 aromatic carbocycles. The van der Waals surface area contributed by atoms with Gasteiger partial charge in [0.25, 0.3) is 11.1 Å². The van der Waals surface area contributed by atoms with Crippen LogP contribution < -0.4 is 5.32 Å². The number of anilines is 1. The number of carbonyl (C=O) groups excluding carboxylic acids is 3. The average molecular weight is 513 g/mol. The first-order valence-electron chi connectivity index (χ1n) is 10.4.